The number of rotatable bonds is 7. The second-order valence-electron chi connectivity index (χ2n) is 6.57. The van der Waals surface area contributed by atoms with Gasteiger partial charge in [0.1, 0.15) is 0 Å². The maximum absolute atomic E-state index is 12.3. The summed E-state index contributed by atoms with van der Waals surface area (Å²) in [6, 6.07) is 7.67. The van der Waals surface area contributed by atoms with Crippen molar-refractivity contribution < 1.29 is 9.59 Å². The van der Waals surface area contributed by atoms with Crippen molar-refractivity contribution in [2.45, 2.75) is 25.7 Å². The molecule has 0 atom stereocenters. The van der Waals surface area contributed by atoms with E-state index in [0.717, 1.165) is 23.3 Å². The van der Waals surface area contributed by atoms with Crippen LogP contribution in [0.15, 0.2) is 35.8 Å². The number of hydrogen-bond donors (Lipinski definition) is 2. The zero-order chi connectivity index (χ0) is 19.5. The van der Waals surface area contributed by atoms with Crippen molar-refractivity contribution in [3.63, 3.8) is 0 Å². The Hall–Kier alpha value is -2.29. The highest BCUT2D eigenvalue weighted by molar-refractivity contribution is 7.15. The summed E-state index contributed by atoms with van der Waals surface area (Å²) in [5, 5.41) is 9.18. The molecule has 0 bridgehead atoms. The third-order valence-electron chi connectivity index (χ3n) is 4.14. The van der Waals surface area contributed by atoms with Crippen LogP contribution in [0, 0.1) is 5.92 Å². The van der Waals surface area contributed by atoms with E-state index < -0.39 is 0 Å². The Bertz CT molecular complexity index is 1010. The van der Waals surface area contributed by atoms with Crippen molar-refractivity contribution in [1.29, 1.82) is 0 Å². The molecule has 0 aliphatic heterocycles. The molecule has 9 heteroatoms. The van der Waals surface area contributed by atoms with Crippen LogP contribution < -0.4 is 10.6 Å². The van der Waals surface area contributed by atoms with Gasteiger partial charge in [-0.2, -0.15) is 0 Å². The van der Waals surface area contributed by atoms with E-state index in [-0.39, 0.29) is 24.2 Å². The molecule has 0 spiro atoms. The molecule has 28 heavy (non-hydrogen) atoms. The monoisotopic (exact) mass is 432 g/mol. The van der Waals surface area contributed by atoms with Gasteiger partial charge in [-0.3, -0.25) is 9.59 Å². The number of amides is 2. The fourth-order valence-corrected chi connectivity index (χ4v) is 4.41. The van der Waals surface area contributed by atoms with E-state index in [0.29, 0.717) is 27.4 Å². The van der Waals surface area contributed by atoms with Crippen molar-refractivity contribution in [1.82, 2.24) is 9.97 Å². The minimum atomic E-state index is -0.186. The zero-order valence-electron chi connectivity index (χ0n) is 14.8. The molecule has 4 rings (SSSR count). The minimum Gasteiger partial charge on any atom is -0.302 e. The Labute approximate surface area is 175 Å². The van der Waals surface area contributed by atoms with Crippen LogP contribution in [0.4, 0.5) is 10.3 Å². The van der Waals surface area contributed by atoms with Crippen LogP contribution in [0.5, 0.6) is 0 Å². The molecule has 0 radical (unpaired) electrons. The molecule has 2 heterocycles. The van der Waals surface area contributed by atoms with E-state index >= 15 is 0 Å². The molecule has 6 nitrogen and oxygen atoms in total. The predicted molar refractivity (Wildman–Crippen MR) is 112 cm³/mol. The molecule has 3 aromatic rings. The second-order valence-corrected chi connectivity index (χ2v) is 8.98. The number of carbonyl (C=O) groups is 2. The van der Waals surface area contributed by atoms with E-state index in [1.54, 1.807) is 11.6 Å². The maximum atomic E-state index is 12.3. The largest absolute Gasteiger partial charge is 0.302 e. The van der Waals surface area contributed by atoms with Gasteiger partial charge in [-0.05, 0) is 30.5 Å². The number of carbonyl (C=O) groups excluding carboxylic acids is 2. The Kier molecular flexibility index (Phi) is 5.70. The van der Waals surface area contributed by atoms with E-state index in [1.807, 2.05) is 24.3 Å². The molecule has 1 fully saturated rings. The normalized spacial score (nSPS) is 13.3. The Morgan fingerprint density at radius 1 is 1.21 bits per heavy atom. The molecule has 1 saturated carbocycles. The highest BCUT2D eigenvalue weighted by Crippen LogP contribution is 2.30. The molecule has 1 aromatic carbocycles. The van der Waals surface area contributed by atoms with Crippen LogP contribution in [-0.4, -0.2) is 21.8 Å². The first kappa shape index (κ1) is 19.0. The predicted octanol–water partition coefficient (Wildman–Crippen LogP) is 4.37. The number of aromatic nitrogens is 2. The van der Waals surface area contributed by atoms with Crippen LogP contribution in [0.1, 0.15) is 29.0 Å². The van der Waals surface area contributed by atoms with E-state index in [4.69, 9.17) is 11.6 Å². The molecular weight excluding hydrogens is 416 g/mol. The van der Waals surface area contributed by atoms with E-state index in [1.165, 1.54) is 22.7 Å². The molecular formula is C19H17ClN4O2S2. The van der Waals surface area contributed by atoms with Gasteiger partial charge in [0.05, 0.1) is 12.1 Å². The Balaban J connectivity index is 1.30. The number of hydrogen-bond acceptors (Lipinski definition) is 6. The van der Waals surface area contributed by atoms with Crippen LogP contribution >= 0.6 is 34.3 Å². The first-order valence-corrected chi connectivity index (χ1v) is 10.9. The lowest BCUT2D eigenvalue weighted by Gasteiger charge is -2.00. The van der Waals surface area contributed by atoms with Gasteiger partial charge in [0.25, 0.3) is 0 Å². The average molecular weight is 433 g/mol. The zero-order valence-corrected chi connectivity index (χ0v) is 17.2. The highest BCUT2D eigenvalue weighted by atomic mass is 35.5. The average Bonchev–Trinajstić information content (AvgIpc) is 3.29. The SMILES string of the molecule is O=C(Cc1csc(NC(=O)C2CC2)n1)Nc1ncc(Cc2cccc(Cl)c2)s1. The number of thiazole rings is 2. The lowest BCUT2D eigenvalue weighted by molar-refractivity contribution is -0.117. The summed E-state index contributed by atoms with van der Waals surface area (Å²) in [6.45, 7) is 0. The first-order valence-electron chi connectivity index (χ1n) is 8.79. The lowest BCUT2D eigenvalue weighted by atomic mass is 10.1. The van der Waals surface area contributed by atoms with Gasteiger partial charge in [0, 0.05) is 33.8 Å². The molecule has 2 amide bonds. The number of nitrogens with one attached hydrogen (secondary N) is 2. The molecule has 0 saturated heterocycles. The summed E-state index contributed by atoms with van der Waals surface area (Å²) in [5.41, 5.74) is 1.72. The number of benzene rings is 1. The molecule has 0 unspecified atom stereocenters. The molecule has 2 aromatic heterocycles. The molecule has 1 aliphatic carbocycles. The third kappa shape index (κ3) is 5.15. The van der Waals surface area contributed by atoms with Gasteiger partial charge in [-0.15, -0.1) is 22.7 Å². The first-order chi connectivity index (χ1) is 13.5. The van der Waals surface area contributed by atoms with Crippen molar-refractivity contribution in [3.8, 4) is 0 Å². The number of nitrogens with zero attached hydrogens (tertiary/aromatic N) is 2. The second kappa shape index (κ2) is 8.38. The summed E-state index contributed by atoms with van der Waals surface area (Å²) >= 11 is 8.78. The summed E-state index contributed by atoms with van der Waals surface area (Å²) < 4.78 is 0. The van der Waals surface area contributed by atoms with Gasteiger partial charge in [0.15, 0.2) is 10.3 Å². The van der Waals surface area contributed by atoms with Crippen molar-refractivity contribution >= 4 is 56.4 Å². The van der Waals surface area contributed by atoms with Crippen molar-refractivity contribution in [2.75, 3.05) is 10.6 Å². The fourth-order valence-electron chi connectivity index (χ4n) is 2.62. The summed E-state index contributed by atoms with van der Waals surface area (Å²) in [5.74, 6) is -0.0453. The fraction of sp³-hybridized carbons (Fsp3) is 0.263. The van der Waals surface area contributed by atoms with Gasteiger partial charge < -0.3 is 10.6 Å². The van der Waals surface area contributed by atoms with Crippen molar-refractivity contribution in [2.24, 2.45) is 5.92 Å². The molecule has 1 aliphatic rings. The van der Waals surface area contributed by atoms with Gasteiger partial charge >= 0.3 is 0 Å². The minimum absolute atomic E-state index is 0.0142. The smallest absolute Gasteiger partial charge is 0.232 e. The van der Waals surface area contributed by atoms with Crippen LogP contribution in [0.2, 0.25) is 5.02 Å². The third-order valence-corrected chi connectivity index (χ3v) is 6.09. The standard InChI is InChI=1S/C19H17ClN4O2S2/c20-13-3-1-2-11(6-13)7-15-9-21-18(28-15)23-16(25)8-14-10-27-19(22-14)24-17(26)12-4-5-12/h1-3,6,9-10,12H,4-5,7-8H2,(H,21,23,25)(H,22,24,26). The summed E-state index contributed by atoms with van der Waals surface area (Å²) in [6.07, 6.45) is 4.50. The topological polar surface area (TPSA) is 84.0 Å². The highest BCUT2D eigenvalue weighted by Gasteiger charge is 2.30. The van der Waals surface area contributed by atoms with Crippen LogP contribution in [-0.2, 0) is 22.4 Å². The van der Waals surface area contributed by atoms with Crippen LogP contribution in [0.25, 0.3) is 0 Å². The van der Waals surface area contributed by atoms with Crippen LogP contribution in [0.3, 0.4) is 0 Å². The van der Waals surface area contributed by atoms with Gasteiger partial charge in [0.2, 0.25) is 11.8 Å². The quantitative estimate of drug-likeness (QED) is 0.580. The van der Waals surface area contributed by atoms with E-state index in [9.17, 15) is 9.59 Å². The molecule has 2 N–H and O–H groups in total. The summed E-state index contributed by atoms with van der Waals surface area (Å²) in [7, 11) is 0. The Morgan fingerprint density at radius 2 is 2.07 bits per heavy atom. The number of halogens is 1. The Morgan fingerprint density at radius 3 is 2.86 bits per heavy atom. The maximum Gasteiger partial charge on any atom is 0.232 e. The van der Waals surface area contributed by atoms with Gasteiger partial charge in [-0.1, -0.05) is 23.7 Å². The van der Waals surface area contributed by atoms with E-state index in [2.05, 4.69) is 20.6 Å². The molecule has 144 valence electrons. The lowest BCUT2D eigenvalue weighted by Crippen LogP contribution is -2.15. The number of anilines is 2. The van der Waals surface area contributed by atoms with Crippen molar-refractivity contribution in [3.05, 3.63) is 57.0 Å². The summed E-state index contributed by atoms with van der Waals surface area (Å²) in [4.78, 5) is 33.6. The van der Waals surface area contributed by atoms with Gasteiger partial charge in [-0.25, -0.2) is 9.97 Å².